The fourth-order valence-corrected chi connectivity index (χ4v) is 2.76. The lowest BCUT2D eigenvalue weighted by molar-refractivity contribution is -0.117. The highest BCUT2D eigenvalue weighted by Crippen LogP contribution is 2.22. The zero-order chi connectivity index (χ0) is 15.5. The third-order valence-electron chi connectivity index (χ3n) is 2.99. The third kappa shape index (κ3) is 3.68. The van der Waals surface area contributed by atoms with Crippen LogP contribution in [0.2, 0.25) is 0 Å². The van der Waals surface area contributed by atoms with Gasteiger partial charge in [0, 0.05) is 6.26 Å². The molecule has 0 aliphatic carbocycles. The molecule has 2 aromatic rings. The largest absolute Gasteiger partial charge is 0.323 e. The van der Waals surface area contributed by atoms with Gasteiger partial charge in [0.15, 0.2) is 9.84 Å². The molecule has 0 spiro atoms. The summed E-state index contributed by atoms with van der Waals surface area (Å²) >= 11 is 0. The predicted octanol–water partition coefficient (Wildman–Crippen LogP) is 1.73. The third-order valence-corrected chi connectivity index (χ3v) is 4.14. The van der Waals surface area contributed by atoms with Gasteiger partial charge in [0.05, 0.1) is 10.6 Å². The van der Waals surface area contributed by atoms with Crippen molar-refractivity contribution in [1.29, 1.82) is 0 Å². The Morgan fingerprint density at radius 2 is 1.62 bits per heavy atom. The van der Waals surface area contributed by atoms with Crippen molar-refractivity contribution in [2.75, 3.05) is 11.6 Å². The van der Waals surface area contributed by atoms with Gasteiger partial charge in [-0.25, -0.2) is 8.42 Å². The topological polar surface area (TPSA) is 89.3 Å². The van der Waals surface area contributed by atoms with E-state index in [1.54, 1.807) is 36.4 Å². The Balaban J connectivity index is 2.25. The molecule has 0 saturated carbocycles. The maximum absolute atomic E-state index is 12.2. The molecule has 2 aromatic carbocycles. The van der Waals surface area contributed by atoms with E-state index in [2.05, 4.69) is 5.32 Å². The van der Waals surface area contributed by atoms with Gasteiger partial charge in [0.1, 0.15) is 6.04 Å². The summed E-state index contributed by atoms with van der Waals surface area (Å²) in [5.74, 6) is -0.461. The Labute approximate surface area is 123 Å². The average molecular weight is 304 g/mol. The SMILES string of the molecule is CS(=O)(=O)c1ccccc1NC(=O)[C@@H](N)c1ccccc1. The molecule has 0 aliphatic rings. The van der Waals surface area contributed by atoms with Gasteiger partial charge >= 0.3 is 0 Å². The number of para-hydroxylation sites is 1. The summed E-state index contributed by atoms with van der Waals surface area (Å²) in [6, 6.07) is 14.2. The molecule has 0 fully saturated rings. The molecule has 0 heterocycles. The first-order chi connectivity index (χ1) is 9.89. The monoisotopic (exact) mass is 304 g/mol. The lowest BCUT2D eigenvalue weighted by atomic mass is 10.1. The molecule has 0 radical (unpaired) electrons. The van der Waals surface area contributed by atoms with Crippen molar-refractivity contribution in [3.8, 4) is 0 Å². The summed E-state index contributed by atoms with van der Waals surface area (Å²) < 4.78 is 23.4. The van der Waals surface area contributed by atoms with Gasteiger partial charge in [-0.2, -0.15) is 0 Å². The van der Waals surface area contributed by atoms with Crippen LogP contribution in [0, 0.1) is 0 Å². The molecule has 1 amide bonds. The van der Waals surface area contributed by atoms with Crippen LogP contribution in [0.15, 0.2) is 59.5 Å². The molecule has 110 valence electrons. The molecule has 0 unspecified atom stereocenters. The van der Waals surface area contributed by atoms with Crippen molar-refractivity contribution >= 4 is 21.4 Å². The summed E-state index contributed by atoms with van der Waals surface area (Å²) in [4.78, 5) is 12.2. The summed E-state index contributed by atoms with van der Waals surface area (Å²) in [6.07, 6.45) is 1.09. The number of benzene rings is 2. The van der Waals surface area contributed by atoms with Crippen molar-refractivity contribution in [2.45, 2.75) is 10.9 Å². The minimum Gasteiger partial charge on any atom is -0.323 e. The number of anilines is 1. The molecular weight excluding hydrogens is 288 g/mol. The van der Waals surface area contributed by atoms with Gasteiger partial charge in [-0.05, 0) is 17.7 Å². The molecule has 6 heteroatoms. The molecule has 1 atom stereocenters. The van der Waals surface area contributed by atoms with Gasteiger partial charge in [0.2, 0.25) is 5.91 Å². The fraction of sp³-hybridized carbons (Fsp3) is 0.133. The van der Waals surface area contributed by atoms with Crippen LogP contribution in [0.5, 0.6) is 0 Å². The van der Waals surface area contributed by atoms with Crippen LogP contribution in [0.4, 0.5) is 5.69 Å². The highest BCUT2D eigenvalue weighted by Gasteiger charge is 2.19. The maximum Gasteiger partial charge on any atom is 0.245 e. The van der Waals surface area contributed by atoms with E-state index in [4.69, 9.17) is 5.73 Å². The number of nitrogens with one attached hydrogen (secondary N) is 1. The second-order valence-corrected chi connectivity index (χ2v) is 6.63. The summed E-state index contributed by atoms with van der Waals surface area (Å²) in [5, 5.41) is 2.57. The number of carbonyl (C=O) groups is 1. The van der Waals surface area contributed by atoms with E-state index in [0.29, 0.717) is 5.56 Å². The fourth-order valence-electron chi connectivity index (χ4n) is 1.92. The Kier molecular flexibility index (Phi) is 4.40. The average Bonchev–Trinajstić information content (AvgIpc) is 2.47. The van der Waals surface area contributed by atoms with E-state index in [1.807, 2.05) is 6.07 Å². The van der Waals surface area contributed by atoms with Gasteiger partial charge < -0.3 is 11.1 Å². The number of hydrogen-bond acceptors (Lipinski definition) is 4. The molecule has 2 rings (SSSR count). The first kappa shape index (κ1) is 15.2. The van der Waals surface area contributed by atoms with Crippen molar-refractivity contribution in [3.05, 3.63) is 60.2 Å². The zero-order valence-corrected chi connectivity index (χ0v) is 12.3. The minimum absolute atomic E-state index is 0.0682. The van der Waals surface area contributed by atoms with Crippen molar-refractivity contribution in [1.82, 2.24) is 0 Å². The first-order valence-electron chi connectivity index (χ1n) is 6.30. The normalized spacial score (nSPS) is 12.7. The molecular formula is C15H16N2O3S. The van der Waals surface area contributed by atoms with E-state index >= 15 is 0 Å². The van der Waals surface area contributed by atoms with E-state index in [9.17, 15) is 13.2 Å². The molecule has 0 aliphatic heterocycles. The Hall–Kier alpha value is -2.18. The molecule has 0 aromatic heterocycles. The maximum atomic E-state index is 12.2. The molecule has 5 nitrogen and oxygen atoms in total. The Morgan fingerprint density at radius 3 is 2.24 bits per heavy atom. The van der Waals surface area contributed by atoms with Gasteiger partial charge in [0.25, 0.3) is 0 Å². The molecule has 21 heavy (non-hydrogen) atoms. The van der Waals surface area contributed by atoms with Crippen LogP contribution < -0.4 is 11.1 Å². The predicted molar refractivity (Wildman–Crippen MR) is 81.6 cm³/mol. The second-order valence-electron chi connectivity index (χ2n) is 4.65. The lowest BCUT2D eigenvalue weighted by Crippen LogP contribution is -2.28. The van der Waals surface area contributed by atoms with Crippen LogP contribution in [0.3, 0.4) is 0 Å². The van der Waals surface area contributed by atoms with Crippen LogP contribution in [0.25, 0.3) is 0 Å². The molecule has 0 bridgehead atoms. The van der Waals surface area contributed by atoms with Crippen LogP contribution in [0.1, 0.15) is 11.6 Å². The number of hydrogen-bond donors (Lipinski definition) is 2. The van der Waals surface area contributed by atoms with Crippen molar-refractivity contribution in [3.63, 3.8) is 0 Å². The van der Waals surface area contributed by atoms with Gasteiger partial charge in [-0.3, -0.25) is 4.79 Å². The number of carbonyl (C=O) groups excluding carboxylic acids is 1. The number of rotatable bonds is 4. The first-order valence-corrected chi connectivity index (χ1v) is 8.19. The minimum atomic E-state index is -3.42. The lowest BCUT2D eigenvalue weighted by Gasteiger charge is -2.14. The summed E-state index contributed by atoms with van der Waals surface area (Å²) in [6.45, 7) is 0. The molecule has 0 saturated heterocycles. The highest BCUT2D eigenvalue weighted by atomic mass is 32.2. The number of amides is 1. The quantitative estimate of drug-likeness (QED) is 0.900. The van der Waals surface area contributed by atoms with E-state index in [-0.39, 0.29) is 10.6 Å². The molecule has 3 N–H and O–H groups in total. The number of nitrogens with two attached hydrogens (primary N) is 1. The standard InChI is InChI=1S/C15H16N2O3S/c1-21(19,20)13-10-6-5-9-12(13)17-15(18)14(16)11-7-3-2-4-8-11/h2-10,14H,16H2,1H3,(H,17,18)/t14-/m0/s1. The Bertz CT molecular complexity index is 743. The van der Waals surface area contributed by atoms with Gasteiger partial charge in [-0.15, -0.1) is 0 Å². The zero-order valence-electron chi connectivity index (χ0n) is 11.5. The van der Waals surface area contributed by atoms with E-state index in [1.165, 1.54) is 12.1 Å². The summed E-state index contributed by atoms with van der Waals surface area (Å²) in [7, 11) is -3.42. The summed E-state index contributed by atoms with van der Waals surface area (Å²) in [5.41, 5.74) is 6.78. The van der Waals surface area contributed by atoms with Crippen molar-refractivity contribution < 1.29 is 13.2 Å². The van der Waals surface area contributed by atoms with E-state index < -0.39 is 21.8 Å². The Morgan fingerprint density at radius 1 is 1.05 bits per heavy atom. The highest BCUT2D eigenvalue weighted by molar-refractivity contribution is 7.90. The van der Waals surface area contributed by atoms with Crippen LogP contribution in [-0.4, -0.2) is 20.6 Å². The second kappa shape index (κ2) is 6.07. The van der Waals surface area contributed by atoms with Gasteiger partial charge in [-0.1, -0.05) is 42.5 Å². The van der Waals surface area contributed by atoms with E-state index in [0.717, 1.165) is 6.26 Å². The van der Waals surface area contributed by atoms with Crippen LogP contribution >= 0.6 is 0 Å². The van der Waals surface area contributed by atoms with Crippen molar-refractivity contribution in [2.24, 2.45) is 5.73 Å². The number of sulfone groups is 1. The smallest absolute Gasteiger partial charge is 0.245 e. The van der Waals surface area contributed by atoms with Crippen LogP contribution in [-0.2, 0) is 14.6 Å².